The molecule has 2 N–H and O–H groups in total. The van der Waals surface area contributed by atoms with Crippen molar-refractivity contribution in [2.24, 2.45) is 0 Å². The molecule has 0 saturated carbocycles. The first kappa shape index (κ1) is 21.8. The van der Waals surface area contributed by atoms with Crippen molar-refractivity contribution in [3.63, 3.8) is 0 Å². The van der Waals surface area contributed by atoms with Gasteiger partial charge in [0.15, 0.2) is 18.0 Å². The van der Waals surface area contributed by atoms with Crippen LogP contribution in [-0.2, 0) is 14.3 Å². The summed E-state index contributed by atoms with van der Waals surface area (Å²) in [6, 6.07) is 17.7. The van der Waals surface area contributed by atoms with Gasteiger partial charge in [-0.2, -0.15) is 0 Å². The molecule has 2 aromatic carbocycles. The third-order valence-electron chi connectivity index (χ3n) is 4.48. The number of hydrogen-bond acceptors (Lipinski definition) is 6. The number of benzene rings is 2. The van der Waals surface area contributed by atoms with E-state index >= 15 is 0 Å². The fraction of sp³-hybridized carbons (Fsp3) is 0.217. The van der Waals surface area contributed by atoms with Crippen molar-refractivity contribution in [2.75, 3.05) is 5.32 Å². The monoisotopic (exact) mass is 421 g/mol. The summed E-state index contributed by atoms with van der Waals surface area (Å²) in [6.07, 6.45) is -0.827. The second-order valence-electron chi connectivity index (χ2n) is 6.83. The Balaban J connectivity index is 1.75. The number of carbonyl (C=O) groups is 3. The van der Waals surface area contributed by atoms with Gasteiger partial charge in [-0.1, -0.05) is 60.6 Å². The maximum absolute atomic E-state index is 13.0. The molecule has 1 heterocycles. The second-order valence-corrected chi connectivity index (χ2v) is 6.83. The summed E-state index contributed by atoms with van der Waals surface area (Å²) in [6.45, 7) is 3.41. The highest BCUT2D eigenvalue weighted by molar-refractivity contribution is 5.98. The average Bonchev–Trinajstić information content (AvgIpc) is 3.20. The van der Waals surface area contributed by atoms with Crippen molar-refractivity contribution in [3.8, 4) is 0 Å². The molecule has 2 atom stereocenters. The zero-order valence-corrected chi connectivity index (χ0v) is 17.2. The molecule has 0 unspecified atom stereocenters. The summed E-state index contributed by atoms with van der Waals surface area (Å²) in [7, 11) is 0. The topological polar surface area (TPSA) is 111 Å². The fourth-order valence-corrected chi connectivity index (χ4v) is 2.89. The van der Waals surface area contributed by atoms with Crippen molar-refractivity contribution >= 4 is 23.6 Å². The molecule has 0 aliphatic rings. The summed E-state index contributed by atoms with van der Waals surface area (Å²) in [5.41, 5.74) is 0.946. The molecule has 0 saturated heterocycles. The van der Waals surface area contributed by atoms with E-state index in [2.05, 4.69) is 15.8 Å². The third kappa shape index (κ3) is 5.79. The third-order valence-corrected chi connectivity index (χ3v) is 4.48. The standard InChI is InChI=1S/C23H23N3O5/c1-3-18(22(28)24-19-14-15(2)31-26-19)30-23(29)20(16-10-6-4-7-11-16)25-21(27)17-12-8-5-9-13-17/h4-14,18,20H,3H2,1-2H3,(H,25,27)(H,24,26,28)/t18-,20-/m1/s1. The molecule has 1 aromatic heterocycles. The molecule has 3 rings (SSSR count). The van der Waals surface area contributed by atoms with Gasteiger partial charge >= 0.3 is 5.97 Å². The molecule has 2 amide bonds. The number of esters is 1. The minimum absolute atomic E-state index is 0.231. The molecule has 0 bridgehead atoms. The molecule has 0 aliphatic heterocycles. The van der Waals surface area contributed by atoms with E-state index in [1.165, 1.54) is 0 Å². The maximum atomic E-state index is 13.0. The van der Waals surface area contributed by atoms with Gasteiger partial charge in [0.2, 0.25) is 0 Å². The van der Waals surface area contributed by atoms with Crippen LogP contribution in [0.2, 0.25) is 0 Å². The number of carbonyl (C=O) groups excluding carboxylic acids is 3. The molecule has 0 spiro atoms. The quantitative estimate of drug-likeness (QED) is 0.539. The van der Waals surface area contributed by atoms with Crippen LogP contribution in [-0.4, -0.2) is 29.0 Å². The van der Waals surface area contributed by atoms with Crippen LogP contribution >= 0.6 is 0 Å². The number of hydrogen-bond donors (Lipinski definition) is 2. The number of amides is 2. The Bertz CT molecular complexity index is 1030. The first-order valence-electron chi connectivity index (χ1n) is 9.83. The summed E-state index contributed by atoms with van der Waals surface area (Å²) < 4.78 is 10.4. The van der Waals surface area contributed by atoms with Crippen molar-refractivity contribution < 1.29 is 23.6 Å². The van der Waals surface area contributed by atoms with Crippen LogP contribution in [0.15, 0.2) is 71.3 Å². The Morgan fingerprint density at radius 2 is 1.68 bits per heavy atom. The summed E-state index contributed by atoms with van der Waals surface area (Å²) in [4.78, 5) is 38.2. The number of aryl methyl sites for hydroxylation is 1. The van der Waals surface area contributed by atoms with Gasteiger partial charge in [0, 0.05) is 11.6 Å². The van der Waals surface area contributed by atoms with Gasteiger partial charge in [0.25, 0.3) is 11.8 Å². The van der Waals surface area contributed by atoms with E-state index in [1.807, 2.05) is 0 Å². The van der Waals surface area contributed by atoms with E-state index in [0.717, 1.165) is 0 Å². The minimum Gasteiger partial charge on any atom is -0.450 e. The molecule has 31 heavy (non-hydrogen) atoms. The Morgan fingerprint density at radius 1 is 1.03 bits per heavy atom. The number of aromatic nitrogens is 1. The molecule has 160 valence electrons. The van der Waals surface area contributed by atoms with Crippen LogP contribution in [0.3, 0.4) is 0 Å². The molecular formula is C23H23N3O5. The van der Waals surface area contributed by atoms with Crippen LogP contribution in [0.4, 0.5) is 5.82 Å². The Hall–Kier alpha value is -3.94. The average molecular weight is 421 g/mol. The summed E-state index contributed by atoms with van der Waals surface area (Å²) in [5.74, 6) is -0.941. The Labute approximate surface area is 179 Å². The number of ether oxygens (including phenoxy) is 1. The molecule has 3 aromatic rings. The van der Waals surface area contributed by atoms with Crippen LogP contribution in [0.25, 0.3) is 0 Å². The molecule has 0 fully saturated rings. The first-order chi connectivity index (χ1) is 15.0. The number of rotatable bonds is 8. The van der Waals surface area contributed by atoms with Crippen molar-refractivity contribution in [2.45, 2.75) is 32.4 Å². The van der Waals surface area contributed by atoms with Crippen LogP contribution in [0.1, 0.15) is 41.1 Å². The lowest BCUT2D eigenvalue weighted by molar-refractivity contribution is -0.156. The largest absolute Gasteiger partial charge is 0.450 e. The summed E-state index contributed by atoms with van der Waals surface area (Å²) in [5, 5.41) is 8.96. The molecular weight excluding hydrogens is 398 g/mol. The number of nitrogens with one attached hydrogen (secondary N) is 2. The highest BCUT2D eigenvalue weighted by atomic mass is 16.5. The van der Waals surface area contributed by atoms with E-state index in [1.54, 1.807) is 80.6 Å². The van der Waals surface area contributed by atoms with Gasteiger partial charge in [-0.15, -0.1) is 0 Å². The maximum Gasteiger partial charge on any atom is 0.334 e. The highest BCUT2D eigenvalue weighted by Gasteiger charge is 2.29. The van der Waals surface area contributed by atoms with Gasteiger partial charge in [-0.25, -0.2) is 4.79 Å². The first-order valence-corrected chi connectivity index (χ1v) is 9.83. The molecule has 8 heteroatoms. The van der Waals surface area contributed by atoms with Crippen LogP contribution in [0.5, 0.6) is 0 Å². The van der Waals surface area contributed by atoms with Crippen molar-refractivity contribution in [1.29, 1.82) is 0 Å². The van der Waals surface area contributed by atoms with E-state index in [0.29, 0.717) is 16.9 Å². The van der Waals surface area contributed by atoms with Gasteiger partial charge in [-0.05, 0) is 31.0 Å². The van der Waals surface area contributed by atoms with Gasteiger partial charge in [0.05, 0.1) is 0 Å². The highest BCUT2D eigenvalue weighted by Crippen LogP contribution is 2.18. The lowest BCUT2D eigenvalue weighted by atomic mass is 10.1. The van der Waals surface area contributed by atoms with E-state index in [9.17, 15) is 14.4 Å². The zero-order chi connectivity index (χ0) is 22.2. The van der Waals surface area contributed by atoms with Gasteiger partial charge in [0.1, 0.15) is 5.76 Å². The minimum atomic E-state index is -1.08. The lowest BCUT2D eigenvalue weighted by Gasteiger charge is -2.21. The van der Waals surface area contributed by atoms with E-state index in [4.69, 9.17) is 9.26 Å². The molecule has 8 nitrogen and oxygen atoms in total. The number of anilines is 1. The van der Waals surface area contributed by atoms with Crippen molar-refractivity contribution in [3.05, 3.63) is 83.6 Å². The SMILES string of the molecule is CC[C@@H](OC(=O)[C@H](NC(=O)c1ccccc1)c1ccccc1)C(=O)Nc1cc(C)on1. The lowest BCUT2D eigenvalue weighted by Crippen LogP contribution is -2.39. The fourth-order valence-electron chi connectivity index (χ4n) is 2.89. The zero-order valence-electron chi connectivity index (χ0n) is 17.2. The van der Waals surface area contributed by atoms with Gasteiger partial charge < -0.3 is 19.9 Å². The predicted molar refractivity (Wildman–Crippen MR) is 113 cm³/mol. The summed E-state index contributed by atoms with van der Waals surface area (Å²) >= 11 is 0. The number of nitrogens with zero attached hydrogens (tertiary/aromatic N) is 1. The van der Waals surface area contributed by atoms with Crippen LogP contribution < -0.4 is 10.6 Å². The smallest absolute Gasteiger partial charge is 0.334 e. The van der Waals surface area contributed by atoms with Crippen molar-refractivity contribution in [1.82, 2.24) is 10.5 Å². The van der Waals surface area contributed by atoms with Gasteiger partial charge in [-0.3, -0.25) is 9.59 Å². The Kier molecular flexibility index (Phi) is 7.16. The second kappa shape index (κ2) is 10.2. The predicted octanol–water partition coefficient (Wildman–Crippen LogP) is 3.41. The van der Waals surface area contributed by atoms with E-state index < -0.39 is 29.9 Å². The van der Waals surface area contributed by atoms with Crippen LogP contribution in [0, 0.1) is 6.92 Å². The normalized spacial score (nSPS) is 12.5. The molecule has 0 aliphatic carbocycles. The molecule has 0 radical (unpaired) electrons. The Morgan fingerprint density at radius 3 is 2.26 bits per heavy atom. The van der Waals surface area contributed by atoms with E-state index in [-0.39, 0.29) is 12.2 Å².